The lowest BCUT2D eigenvalue weighted by molar-refractivity contribution is 0.0684. The smallest absolute Gasteiger partial charge is 0.262 e. The molecule has 1 aliphatic heterocycles. The number of imide groups is 1. The van der Waals surface area contributed by atoms with Crippen LogP contribution in [0, 0.1) is 0 Å². The summed E-state index contributed by atoms with van der Waals surface area (Å²) >= 11 is 6.34. The molecule has 132 valence electrons. The predicted octanol–water partition coefficient (Wildman–Crippen LogP) is 2.89. The van der Waals surface area contributed by atoms with Crippen LogP contribution in [-0.4, -0.2) is 40.2 Å². The van der Waals surface area contributed by atoms with Crippen LogP contribution in [0.5, 0.6) is 5.75 Å². The second kappa shape index (κ2) is 8.11. The number of methoxy groups -OCH3 is 1. The highest BCUT2D eigenvalue weighted by atomic mass is 32.2. The van der Waals surface area contributed by atoms with Crippen molar-refractivity contribution < 1.29 is 14.3 Å². The summed E-state index contributed by atoms with van der Waals surface area (Å²) in [5.74, 6) is 0.295. The predicted molar refractivity (Wildman–Crippen MR) is 106 cm³/mol. The Labute approximate surface area is 160 Å². The number of benzene rings is 2. The summed E-state index contributed by atoms with van der Waals surface area (Å²) in [6.07, 6.45) is 1.62. The SMILES string of the molecule is COc1ccc(/C=N/NC(=S)SCN2C(=O)c3ccccc3C2=O)cc1. The van der Waals surface area contributed by atoms with Crippen LogP contribution in [0.3, 0.4) is 0 Å². The molecule has 0 atom stereocenters. The minimum Gasteiger partial charge on any atom is -0.497 e. The Morgan fingerprint density at radius 3 is 2.35 bits per heavy atom. The first kappa shape index (κ1) is 18.1. The second-order valence-corrected chi connectivity index (χ2v) is 6.91. The fraction of sp³-hybridized carbons (Fsp3) is 0.111. The highest BCUT2D eigenvalue weighted by Gasteiger charge is 2.34. The van der Waals surface area contributed by atoms with E-state index in [4.69, 9.17) is 17.0 Å². The molecule has 2 aromatic carbocycles. The molecule has 6 nitrogen and oxygen atoms in total. The van der Waals surface area contributed by atoms with Gasteiger partial charge in [0.25, 0.3) is 11.8 Å². The molecule has 0 unspecified atom stereocenters. The number of nitrogens with zero attached hydrogens (tertiary/aromatic N) is 2. The van der Waals surface area contributed by atoms with Crippen molar-refractivity contribution in [3.63, 3.8) is 0 Å². The van der Waals surface area contributed by atoms with Gasteiger partial charge in [-0.1, -0.05) is 36.1 Å². The van der Waals surface area contributed by atoms with Crippen molar-refractivity contribution in [3.05, 3.63) is 65.2 Å². The third kappa shape index (κ3) is 3.92. The van der Waals surface area contributed by atoms with Gasteiger partial charge in [0.2, 0.25) is 0 Å². The van der Waals surface area contributed by atoms with E-state index in [0.717, 1.165) is 23.1 Å². The van der Waals surface area contributed by atoms with Crippen LogP contribution >= 0.6 is 24.0 Å². The molecular weight excluding hydrogens is 370 g/mol. The molecule has 3 rings (SSSR count). The molecule has 1 heterocycles. The first-order valence-electron chi connectivity index (χ1n) is 7.65. The normalized spacial score (nSPS) is 13.2. The molecule has 0 bridgehead atoms. The van der Waals surface area contributed by atoms with Crippen molar-refractivity contribution in [3.8, 4) is 5.75 Å². The lowest BCUT2D eigenvalue weighted by Crippen LogP contribution is -2.30. The summed E-state index contributed by atoms with van der Waals surface area (Å²) in [5.41, 5.74) is 4.45. The number of carbonyl (C=O) groups excluding carboxylic acids is 2. The first-order chi connectivity index (χ1) is 12.6. The Balaban J connectivity index is 1.51. The minimum atomic E-state index is -0.303. The molecule has 0 aromatic heterocycles. The Hall–Kier alpha value is -2.71. The standard InChI is InChI=1S/C18H15N3O3S2/c1-24-13-8-6-12(7-9-13)10-19-20-18(25)26-11-21-16(22)14-4-2-3-5-15(14)17(21)23/h2-10H,11H2,1H3,(H,20,25)/b19-10+. The van der Waals surface area contributed by atoms with E-state index in [2.05, 4.69) is 10.5 Å². The van der Waals surface area contributed by atoms with Crippen LogP contribution in [0.4, 0.5) is 0 Å². The molecule has 0 spiro atoms. The molecule has 8 heteroatoms. The van der Waals surface area contributed by atoms with Gasteiger partial charge in [-0.15, -0.1) is 0 Å². The zero-order valence-corrected chi connectivity index (χ0v) is 15.5. The van der Waals surface area contributed by atoms with Gasteiger partial charge in [-0.05, 0) is 42.0 Å². The maximum absolute atomic E-state index is 12.3. The summed E-state index contributed by atoms with van der Waals surface area (Å²) < 4.78 is 5.46. The largest absolute Gasteiger partial charge is 0.497 e. The van der Waals surface area contributed by atoms with Gasteiger partial charge in [0.1, 0.15) is 5.75 Å². The summed E-state index contributed by atoms with van der Waals surface area (Å²) in [7, 11) is 1.61. The number of thiocarbonyl (C=S) groups is 1. The van der Waals surface area contributed by atoms with E-state index in [9.17, 15) is 9.59 Å². The van der Waals surface area contributed by atoms with Crippen LogP contribution in [-0.2, 0) is 0 Å². The molecule has 26 heavy (non-hydrogen) atoms. The summed E-state index contributed by atoms with van der Waals surface area (Å²) in [6.45, 7) is 0. The zero-order chi connectivity index (χ0) is 18.5. The van der Waals surface area contributed by atoms with Crippen LogP contribution in [0.15, 0.2) is 53.6 Å². The van der Waals surface area contributed by atoms with E-state index in [0.29, 0.717) is 15.4 Å². The maximum Gasteiger partial charge on any atom is 0.262 e. The molecule has 2 amide bonds. The molecule has 0 saturated heterocycles. The van der Waals surface area contributed by atoms with Crippen LogP contribution < -0.4 is 10.2 Å². The van der Waals surface area contributed by atoms with Gasteiger partial charge in [0.05, 0.1) is 30.3 Å². The summed E-state index contributed by atoms with van der Waals surface area (Å²) in [4.78, 5) is 25.7. The average Bonchev–Trinajstić information content (AvgIpc) is 2.91. The lowest BCUT2D eigenvalue weighted by atomic mass is 10.1. The average molecular weight is 385 g/mol. The minimum absolute atomic E-state index is 0.135. The fourth-order valence-electron chi connectivity index (χ4n) is 2.36. The van der Waals surface area contributed by atoms with Crippen molar-refractivity contribution in [2.24, 2.45) is 5.10 Å². The van der Waals surface area contributed by atoms with E-state index in [-0.39, 0.29) is 17.7 Å². The summed E-state index contributed by atoms with van der Waals surface area (Å²) in [5, 5.41) is 4.05. The van der Waals surface area contributed by atoms with E-state index in [1.807, 2.05) is 24.3 Å². The van der Waals surface area contributed by atoms with Gasteiger partial charge >= 0.3 is 0 Å². The molecule has 1 N–H and O–H groups in total. The highest BCUT2D eigenvalue weighted by molar-refractivity contribution is 8.22. The second-order valence-electron chi connectivity index (χ2n) is 5.29. The Bertz CT molecular complexity index is 847. The van der Waals surface area contributed by atoms with Crippen molar-refractivity contribution in [2.45, 2.75) is 0 Å². The van der Waals surface area contributed by atoms with E-state index in [1.54, 1.807) is 37.6 Å². The lowest BCUT2D eigenvalue weighted by Gasteiger charge is -2.13. The Morgan fingerprint density at radius 2 is 1.77 bits per heavy atom. The monoisotopic (exact) mass is 385 g/mol. The number of ether oxygens (including phenoxy) is 1. The molecule has 0 fully saturated rings. The number of amides is 2. The quantitative estimate of drug-likeness (QED) is 0.369. The van der Waals surface area contributed by atoms with Crippen LogP contribution in [0.2, 0.25) is 0 Å². The van der Waals surface area contributed by atoms with Gasteiger partial charge in [-0.25, -0.2) is 0 Å². The van der Waals surface area contributed by atoms with Gasteiger partial charge in [0.15, 0.2) is 4.32 Å². The van der Waals surface area contributed by atoms with Crippen molar-refractivity contribution >= 4 is 46.3 Å². The van der Waals surface area contributed by atoms with E-state index >= 15 is 0 Å². The Morgan fingerprint density at radius 1 is 1.15 bits per heavy atom. The van der Waals surface area contributed by atoms with Crippen molar-refractivity contribution in [2.75, 3.05) is 13.0 Å². The topological polar surface area (TPSA) is 71.0 Å². The number of hydrogen-bond acceptors (Lipinski definition) is 6. The number of rotatable bonds is 5. The number of hydrazone groups is 1. The number of fused-ring (bicyclic) bond motifs is 1. The molecule has 0 aliphatic carbocycles. The number of carbonyl (C=O) groups is 2. The van der Waals surface area contributed by atoms with Gasteiger partial charge in [0, 0.05) is 0 Å². The fourth-order valence-corrected chi connectivity index (χ4v) is 3.17. The molecule has 0 radical (unpaired) electrons. The maximum atomic E-state index is 12.3. The Kier molecular flexibility index (Phi) is 5.65. The van der Waals surface area contributed by atoms with Crippen LogP contribution in [0.25, 0.3) is 0 Å². The molecular formula is C18H15N3O3S2. The van der Waals surface area contributed by atoms with Gasteiger partial charge in [-0.3, -0.25) is 19.9 Å². The van der Waals surface area contributed by atoms with Crippen molar-refractivity contribution in [1.82, 2.24) is 10.3 Å². The number of hydrogen-bond donors (Lipinski definition) is 1. The highest BCUT2D eigenvalue weighted by Crippen LogP contribution is 2.24. The summed E-state index contributed by atoms with van der Waals surface area (Å²) in [6, 6.07) is 14.2. The third-order valence-corrected chi connectivity index (χ3v) is 4.87. The van der Waals surface area contributed by atoms with Crippen molar-refractivity contribution in [1.29, 1.82) is 0 Å². The van der Waals surface area contributed by atoms with E-state index in [1.165, 1.54) is 4.90 Å². The number of thioether (sulfide) groups is 1. The van der Waals surface area contributed by atoms with Crippen LogP contribution in [0.1, 0.15) is 26.3 Å². The molecule has 0 saturated carbocycles. The molecule has 2 aromatic rings. The number of nitrogens with one attached hydrogen (secondary N) is 1. The first-order valence-corrected chi connectivity index (χ1v) is 9.04. The molecule has 1 aliphatic rings. The third-order valence-electron chi connectivity index (χ3n) is 3.69. The van der Waals surface area contributed by atoms with Gasteiger partial charge < -0.3 is 4.74 Å². The van der Waals surface area contributed by atoms with Gasteiger partial charge in [-0.2, -0.15) is 5.10 Å². The van der Waals surface area contributed by atoms with E-state index < -0.39 is 0 Å². The zero-order valence-electron chi connectivity index (χ0n) is 13.8.